The van der Waals surface area contributed by atoms with Crippen LogP contribution in [0.1, 0.15) is 36.4 Å². The van der Waals surface area contributed by atoms with E-state index in [0.717, 1.165) is 23.5 Å². The molecule has 0 N–H and O–H groups in total. The van der Waals surface area contributed by atoms with Crippen molar-refractivity contribution in [3.8, 4) is 0 Å². The van der Waals surface area contributed by atoms with Crippen LogP contribution in [0.2, 0.25) is 0 Å². The Bertz CT molecular complexity index is 442. The molecular weight excluding hydrogens is 244 g/mol. The number of carbonyl (C=O) groups is 1. The van der Waals surface area contributed by atoms with E-state index < -0.39 is 0 Å². The number of nitrogens with zero attached hydrogens (tertiary/aromatic N) is 2. The molecule has 1 aromatic heterocycles. The molecule has 3 rings (SSSR count). The largest absolute Gasteiger partial charge is 0.300 e. The summed E-state index contributed by atoms with van der Waals surface area (Å²) in [7, 11) is 2.22. The molecule has 3 nitrogen and oxygen atoms in total. The Morgan fingerprint density at radius 3 is 2.67 bits per heavy atom. The fourth-order valence-electron chi connectivity index (χ4n) is 3.45. The second-order valence-corrected chi connectivity index (χ2v) is 6.69. The lowest BCUT2D eigenvalue weighted by atomic mass is 9.86. The minimum Gasteiger partial charge on any atom is -0.300 e. The van der Waals surface area contributed by atoms with Crippen molar-refractivity contribution < 1.29 is 4.79 Å². The van der Waals surface area contributed by atoms with Crippen LogP contribution < -0.4 is 0 Å². The van der Waals surface area contributed by atoms with Crippen LogP contribution in [0.4, 0.5) is 0 Å². The van der Waals surface area contributed by atoms with Gasteiger partial charge in [-0.1, -0.05) is 0 Å². The summed E-state index contributed by atoms with van der Waals surface area (Å²) < 4.78 is 0. The molecule has 0 aliphatic carbocycles. The van der Waals surface area contributed by atoms with Crippen LogP contribution >= 0.6 is 11.3 Å². The van der Waals surface area contributed by atoms with E-state index in [2.05, 4.69) is 16.9 Å². The molecular formula is C14H20N2OS. The van der Waals surface area contributed by atoms with E-state index in [4.69, 9.17) is 0 Å². The summed E-state index contributed by atoms with van der Waals surface area (Å²) in [6.07, 6.45) is 5.24. The van der Waals surface area contributed by atoms with Crippen LogP contribution in [0.3, 0.4) is 0 Å². The molecule has 2 bridgehead atoms. The van der Waals surface area contributed by atoms with Crippen molar-refractivity contribution in [2.45, 2.75) is 51.1 Å². The molecule has 3 heterocycles. The van der Waals surface area contributed by atoms with Crippen LogP contribution in [-0.2, 0) is 11.2 Å². The first-order valence-electron chi connectivity index (χ1n) is 6.79. The van der Waals surface area contributed by atoms with Crippen molar-refractivity contribution in [1.29, 1.82) is 0 Å². The highest BCUT2D eigenvalue weighted by Crippen LogP contribution is 2.38. The molecule has 0 spiro atoms. The molecule has 2 unspecified atom stereocenters. The Morgan fingerprint density at radius 1 is 1.44 bits per heavy atom. The zero-order chi connectivity index (χ0) is 12.7. The van der Waals surface area contributed by atoms with Gasteiger partial charge < -0.3 is 4.90 Å². The van der Waals surface area contributed by atoms with Gasteiger partial charge in [-0.15, -0.1) is 11.3 Å². The van der Waals surface area contributed by atoms with Gasteiger partial charge in [-0.3, -0.25) is 4.79 Å². The molecule has 4 heteroatoms. The van der Waals surface area contributed by atoms with Crippen molar-refractivity contribution in [2.24, 2.45) is 5.92 Å². The van der Waals surface area contributed by atoms with Gasteiger partial charge >= 0.3 is 0 Å². The summed E-state index contributed by atoms with van der Waals surface area (Å²) >= 11 is 1.62. The van der Waals surface area contributed by atoms with Gasteiger partial charge in [0.25, 0.3) is 0 Å². The summed E-state index contributed by atoms with van der Waals surface area (Å²) in [5.41, 5.74) is 1.03. The van der Waals surface area contributed by atoms with Crippen LogP contribution in [0.25, 0.3) is 0 Å². The molecule has 2 atom stereocenters. The van der Waals surface area contributed by atoms with Gasteiger partial charge in [-0.25, -0.2) is 4.98 Å². The predicted octanol–water partition coefficient (Wildman–Crippen LogP) is 2.44. The van der Waals surface area contributed by atoms with E-state index in [1.54, 1.807) is 11.3 Å². The maximum Gasteiger partial charge on any atom is 0.142 e. The molecule has 2 aliphatic heterocycles. The predicted molar refractivity (Wildman–Crippen MR) is 72.9 cm³/mol. The second-order valence-electron chi connectivity index (χ2n) is 5.74. The zero-order valence-electron chi connectivity index (χ0n) is 11.1. The highest BCUT2D eigenvalue weighted by Gasteiger charge is 2.40. The third kappa shape index (κ3) is 2.24. The number of fused-ring (bicyclic) bond motifs is 2. The summed E-state index contributed by atoms with van der Waals surface area (Å²) in [5.74, 6) is 0.692. The third-order valence-electron chi connectivity index (χ3n) is 4.55. The molecule has 98 valence electrons. The number of piperidine rings is 1. The third-order valence-corrected chi connectivity index (χ3v) is 5.51. The lowest BCUT2D eigenvalue weighted by Gasteiger charge is -2.35. The minimum absolute atomic E-state index is 0.280. The Hall–Kier alpha value is -0.740. The highest BCUT2D eigenvalue weighted by atomic mass is 32.1. The fraction of sp³-hybridized carbons (Fsp3) is 0.714. The number of rotatable bonds is 3. The number of ketones is 1. The van der Waals surface area contributed by atoms with E-state index in [1.165, 1.54) is 12.8 Å². The summed E-state index contributed by atoms with van der Waals surface area (Å²) in [4.78, 5) is 19.2. The maximum atomic E-state index is 12.4. The average molecular weight is 264 g/mol. The van der Waals surface area contributed by atoms with E-state index >= 15 is 0 Å². The highest BCUT2D eigenvalue weighted by molar-refractivity contribution is 7.09. The topological polar surface area (TPSA) is 33.2 Å². The van der Waals surface area contributed by atoms with Crippen LogP contribution in [-0.4, -0.2) is 34.8 Å². The number of aromatic nitrogens is 1. The number of aryl methyl sites for hydroxylation is 1. The van der Waals surface area contributed by atoms with E-state index in [9.17, 15) is 4.79 Å². The number of thiazole rings is 1. The molecule has 0 saturated carbocycles. The van der Waals surface area contributed by atoms with Crippen molar-refractivity contribution in [2.75, 3.05) is 7.05 Å². The lowest BCUT2D eigenvalue weighted by Crippen LogP contribution is -2.42. The standard InChI is InChI=1S/C14H20N2OS/c1-9-8-18-14(15-9)7-13(17)10-5-11-3-4-12(6-10)16(11)2/h8,10-12H,3-7H2,1-2H3. The fourth-order valence-corrected chi connectivity index (χ4v) is 4.23. The average Bonchev–Trinajstić information content (AvgIpc) is 2.80. The van der Waals surface area contributed by atoms with Crippen LogP contribution in [0.5, 0.6) is 0 Å². The second kappa shape index (κ2) is 4.74. The van der Waals surface area contributed by atoms with Crippen LogP contribution in [0, 0.1) is 12.8 Å². The van der Waals surface area contributed by atoms with E-state index in [1.807, 2.05) is 12.3 Å². The Balaban J connectivity index is 1.64. The smallest absolute Gasteiger partial charge is 0.142 e. The van der Waals surface area contributed by atoms with Crippen LogP contribution in [0.15, 0.2) is 5.38 Å². The Morgan fingerprint density at radius 2 is 2.11 bits per heavy atom. The molecule has 0 amide bonds. The maximum absolute atomic E-state index is 12.4. The Labute approximate surface area is 112 Å². The SMILES string of the molecule is Cc1csc(CC(=O)C2CC3CCC(C2)N3C)n1. The van der Waals surface area contributed by atoms with Gasteiger partial charge in [0.1, 0.15) is 10.8 Å². The van der Waals surface area contributed by atoms with E-state index in [-0.39, 0.29) is 5.92 Å². The first-order chi connectivity index (χ1) is 8.63. The van der Waals surface area contributed by atoms with E-state index in [0.29, 0.717) is 24.3 Å². The quantitative estimate of drug-likeness (QED) is 0.840. The number of hydrogen-bond acceptors (Lipinski definition) is 4. The Kier molecular flexibility index (Phi) is 3.24. The van der Waals surface area contributed by atoms with Gasteiger partial charge in [0.15, 0.2) is 0 Å². The van der Waals surface area contributed by atoms with Gasteiger partial charge in [-0.2, -0.15) is 0 Å². The number of carbonyl (C=O) groups excluding carboxylic acids is 1. The molecule has 2 fully saturated rings. The number of hydrogen-bond donors (Lipinski definition) is 0. The van der Waals surface area contributed by atoms with Crippen molar-refractivity contribution >= 4 is 17.1 Å². The molecule has 0 radical (unpaired) electrons. The monoisotopic (exact) mass is 264 g/mol. The molecule has 0 aromatic carbocycles. The molecule has 2 aliphatic rings. The summed E-state index contributed by atoms with van der Waals surface area (Å²) in [5, 5.41) is 3.02. The summed E-state index contributed by atoms with van der Waals surface area (Å²) in [6, 6.07) is 1.30. The van der Waals surface area contributed by atoms with Gasteiger partial charge in [0.05, 0.1) is 6.42 Å². The van der Waals surface area contributed by atoms with Gasteiger partial charge in [0, 0.05) is 29.1 Å². The minimum atomic E-state index is 0.280. The van der Waals surface area contributed by atoms with Crippen molar-refractivity contribution in [1.82, 2.24) is 9.88 Å². The normalized spacial score (nSPS) is 31.8. The van der Waals surface area contributed by atoms with Crippen molar-refractivity contribution in [3.05, 3.63) is 16.1 Å². The molecule has 2 saturated heterocycles. The van der Waals surface area contributed by atoms with Gasteiger partial charge in [-0.05, 0) is 39.7 Å². The molecule has 18 heavy (non-hydrogen) atoms. The zero-order valence-corrected chi connectivity index (χ0v) is 11.9. The first-order valence-corrected chi connectivity index (χ1v) is 7.67. The first kappa shape index (κ1) is 12.3. The van der Waals surface area contributed by atoms with Crippen molar-refractivity contribution in [3.63, 3.8) is 0 Å². The van der Waals surface area contributed by atoms with Gasteiger partial charge in [0.2, 0.25) is 0 Å². The number of Topliss-reactive ketones (excluding diaryl/α,β-unsaturated/α-hetero) is 1. The summed E-state index contributed by atoms with van der Waals surface area (Å²) in [6.45, 7) is 1.99. The lowest BCUT2D eigenvalue weighted by molar-refractivity contribution is -0.124. The molecule has 1 aromatic rings.